The minimum absolute atomic E-state index is 0.340. The van der Waals surface area contributed by atoms with Crippen LogP contribution in [0.1, 0.15) is 26.7 Å². The van der Waals surface area contributed by atoms with Crippen molar-refractivity contribution in [3.8, 4) is 0 Å². The monoisotopic (exact) mass is 186 g/mol. The van der Waals surface area contributed by atoms with E-state index in [2.05, 4.69) is 10.6 Å². The number of carboxylic acid groups (broad SMARTS) is 1. The van der Waals surface area contributed by atoms with Gasteiger partial charge in [0.15, 0.2) is 0 Å². The molecular formula is C9H18N2O2. The third-order valence-corrected chi connectivity index (χ3v) is 2.44. The molecule has 4 heteroatoms. The lowest BCUT2D eigenvalue weighted by Gasteiger charge is -2.31. The number of hydrogen-bond acceptors (Lipinski definition) is 3. The molecule has 1 fully saturated rings. The van der Waals surface area contributed by atoms with E-state index in [4.69, 9.17) is 5.11 Å². The normalized spacial score (nSPS) is 20.2. The zero-order chi connectivity index (χ0) is 9.90. The van der Waals surface area contributed by atoms with Crippen molar-refractivity contribution in [3.63, 3.8) is 0 Å². The number of aliphatic carboxylic acids is 1. The summed E-state index contributed by atoms with van der Waals surface area (Å²) in [5.41, 5.74) is -0.804. The number of rotatable bonds is 3. The van der Waals surface area contributed by atoms with Gasteiger partial charge in [-0.15, -0.1) is 0 Å². The Labute approximate surface area is 78.7 Å². The fourth-order valence-electron chi connectivity index (χ4n) is 1.54. The van der Waals surface area contributed by atoms with Gasteiger partial charge in [0.2, 0.25) is 0 Å². The van der Waals surface area contributed by atoms with Gasteiger partial charge in [-0.25, -0.2) is 0 Å². The molecule has 0 amide bonds. The summed E-state index contributed by atoms with van der Waals surface area (Å²) in [5.74, 6) is -0.786. The number of hydrogen-bond donors (Lipinski definition) is 3. The van der Waals surface area contributed by atoms with Crippen molar-refractivity contribution < 1.29 is 9.90 Å². The maximum absolute atomic E-state index is 10.8. The van der Waals surface area contributed by atoms with Crippen LogP contribution in [0, 0.1) is 0 Å². The SMILES string of the molecule is CC(C)(NC1CCNCC1)C(=O)O. The summed E-state index contributed by atoms with van der Waals surface area (Å²) in [5, 5.41) is 15.3. The van der Waals surface area contributed by atoms with Crippen LogP contribution in [0.5, 0.6) is 0 Å². The molecule has 0 saturated carbocycles. The molecule has 1 saturated heterocycles. The predicted octanol–water partition coefficient (Wildman–Crippen LogP) is 0.191. The zero-order valence-corrected chi connectivity index (χ0v) is 8.26. The molecule has 76 valence electrons. The van der Waals surface area contributed by atoms with E-state index in [1.54, 1.807) is 13.8 Å². The standard InChI is InChI=1S/C9H18N2O2/c1-9(2,8(12)13)11-7-3-5-10-6-4-7/h7,10-11H,3-6H2,1-2H3,(H,12,13). The average Bonchev–Trinajstić information content (AvgIpc) is 2.05. The van der Waals surface area contributed by atoms with Crippen LogP contribution in [0.2, 0.25) is 0 Å². The summed E-state index contributed by atoms with van der Waals surface area (Å²) in [4.78, 5) is 10.8. The first kappa shape index (κ1) is 10.5. The molecule has 0 radical (unpaired) electrons. The molecule has 0 aromatic rings. The second-order valence-corrected chi connectivity index (χ2v) is 4.10. The van der Waals surface area contributed by atoms with Gasteiger partial charge in [-0.05, 0) is 39.8 Å². The minimum Gasteiger partial charge on any atom is -0.480 e. The van der Waals surface area contributed by atoms with Gasteiger partial charge in [-0.2, -0.15) is 0 Å². The molecule has 3 N–H and O–H groups in total. The third-order valence-electron chi connectivity index (χ3n) is 2.44. The van der Waals surface area contributed by atoms with E-state index < -0.39 is 11.5 Å². The predicted molar refractivity (Wildman–Crippen MR) is 50.7 cm³/mol. The van der Waals surface area contributed by atoms with Crippen molar-refractivity contribution in [1.82, 2.24) is 10.6 Å². The second-order valence-electron chi connectivity index (χ2n) is 4.10. The van der Waals surface area contributed by atoms with Crippen molar-refractivity contribution in [3.05, 3.63) is 0 Å². The Morgan fingerprint density at radius 3 is 2.46 bits per heavy atom. The molecule has 0 aromatic carbocycles. The van der Waals surface area contributed by atoms with E-state index in [1.807, 2.05) is 0 Å². The van der Waals surface area contributed by atoms with E-state index in [0.717, 1.165) is 25.9 Å². The molecular weight excluding hydrogens is 168 g/mol. The molecule has 1 heterocycles. The molecule has 0 atom stereocenters. The van der Waals surface area contributed by atoms with Crippen LogP contribution < -0.4 is 10.6 Å². The smallest absolute Gasteiger partial charge is 0.323 e. The minimum atomic E-state index is -0.804. The Morgan fingerprint density at radius 2 is 2.00 bits per heavy atom. The summed E-state index contributed by atoms with van der Waals surface area (Å²) in [7, 11) is 0. The quantitative estimate of drug-likeness (QED) is 0.589. The molecule has 1 rings (SSSR count). The van der Waals surface area contributed by atoms with E-state index in [9.17, 15) is 4.79 Å². The van der Waals surface area contributed by atoms with Crippen LogP contribution in [-0.4, -0.2) is 35.7 Å². The summed E-state index contributed by atoms with van der Waals surface area (Å²) < 4.78 is 0. The Bertz CT molecular complexity index is 186. The van der Waals surface area contributed by atoms with Gasteiger partial charge in [0.25, 0.3) is 0 Å². The van der Waals surface area contributed by atoms with E-state index >= 15 is 0 Å². The van der Waals surface area contributed by atoms with Gasteiger partial charge in [-0.3, -0.25) is 10.1 Å². The maximum atomic E-state index is 10.8. The fraction of sp³-hybridized carbons (Fsp3) is 0.889. The lowest BCUT2D eigenvalue weighted by Crippen LogP contribution is -2.54. The molecule has 0 unspecified atom stereocenters. The molecule has 1 aliphatic heterocycles. The van der Waals surface area contributed by atoms with Crippen molar-refractivity contribution in [2.45, 2.75) is 38.3 Å². The van der Waals surface area contributed by atoms with Crippen molar-refractivity contribution >= 4 is 5.97 Å². The molecule has 0 aromatic heterocycles. The summed E-state index contributed by atoms with van der Waals surface area (Å²) in [6, 6.07) is 0.340. The molecule has 0 aliphatic carbocycles. The maximum Gasteiger partial charge on any atom is 0.323 e. The topological polar surface area (TPSA) is 61.4 Å². The first-order valence-electron chi connectivity index (χ1n) is 4.74. The summed E-state index contributed by atoms with van der Waals surface area (Å²) in [6.45, 7) is 5.37. The molecule has 0 bridgehead atoms. The van der Waals surface area contributed by atoms with Crippen LogP contribution in [0.3, 0.4) is 0 Å². The lowest BCUT2D eigenvalue weighted by atomic mass is 10.00. The molecule has 1 aliphatic rings. The Kier molecular flexibility index (Phi) is 3.27. The third kappa shape index (κ3) is 2.97. The number of nitrogens with one attached hydrogen (secondary N) is 2. The van der Waals surface area contributed by atoms with Crippen molar-refractivity contribution in [2.75, 3.05) is 13.1 Å². The number of carbonyl (C=O) groups is 1. The van der Waals surface area contributed by atoms with E-state index in [-0.39, 0.29) is 0 Å². The van der Waals surface area contributed by atoms with Crippen molar-refractivity contribution in [1.29, 1.82) is 0 Å². The van der Waals surface area contributed by atoms with E-state index in [0.29, 0.717) is 6.04 Å². The molecule has 4 nitrogen and oxygen atoms in total. The second kappa shape index (κ2) is 4.07. The largest absolute Gasteiger partial charge is 0.480 e. The van der Waals surface area contributed by atoms with Crippen LogP contribution in [0.25, 0.3) is 0 Å². The molecule has 0 spiro atoms. The highest BCUT2D eigenvalue weighted by molar-refractivity contribution is 5.77. The van der Waals surface area contributed by atoms with Gasteiger partial charge in [0.05, 0.1) is 0 Å². The highest BCUT2D eigenvalue weighted by atomic mass is 16.4. The lowest BCUT2D eigenvalue weighted by molar-refractivity contribution is -0.143. The van der Waals surface area contributed by atoms with Gasteiger partial charge in [0, 0.05) is 6.04 Å². The summed E-state index contributed by atoms with van der Waals surface area (Å²) >= 11 is 0. The number of carboxylic acids is 1. The van der Waals surface area contributed by atoms with Gasteiger partial charge in [0.1, 0.15) is 5.54 Å². The molecule has 13 heavy (non-hydrogen) atoms. The Balaban J connectivity index is 2.41. The van der Waals surface area contributed by atoms with Gasteiger partial charge >= 0.3 is 5.97 Å². The highest BCUT2D eigenvalue weighted by Gasteiger charge is 2.29. The van der Waals surface area contributed by atoms with Crippen LogP contribution in [0.15, 0.2) is 0 Å². The van der Waals surface area contributed by atoms with Gasteiger partial charge < -0.3 is 10.4 Å². The van der Waals surface area contributed by atoms with Crippen molar-refractivity contribution in [2.24, 2.45) is 0 Å². The first-order valence-corrected chi connectivity index (χ1v) is 4.74. The Hall–Kier alpha value is -0.610. The fourth-order valence-corrected chi connectivity index (χ4v) is 1.54. The zero-order valence-electron chi connectivity index (χ0n) is 8.26. The van der Waals surface area contributed by atoms with Gasteiger partial charge in [-0.1, -0.05) is 0 Å². The summed E-state index contributed by atoms with van der Waals surface area (Å²) in [6.07, 6.45) is 2.02. The van der Waals surface area contributed by atoms with Crippen LogP contribution in [0.4, 0.5) is 0 Å². The first-order chi connectivity index (χ1) is 6.02. The van der Waals surface area contributed by atoms with E-state index in [1.165, 1.54) is 0 Å². The average molecular weight is 186 g/mol. The Morgan fingerprint density at radius 1 is 1.46 bits per heavy atom. The van der Waals surface area contributed by atoms with Crippen LogP contribution >= 0.6 is 0 Å². The number of piperidine rings is 1. The van der Waals surface area contributed by atoms with Crippen LogP contribution in [-0.2, 0) is 4.79 Å². The highest BCUT2D eigenvalue weighted by Crippen LogP contribution is 2.09.